The van der Waals surface area contributed by atoms with Crippen molar-refractivity contribution in [2.24, 2.45) is 0 Å². The average Bonchev–Trinajstić information content (AvgIpc) is 3.07. The first-order valence-corrected chi connectivity index (χ1v) is 16.2. The van der Waals surface area contributed by atoms with Gasteiger partial charge in [-0.1, -0.05) is 146 Å². The van der Waals surface area contributed by atoms with Gasteiger partial charge in [0.1, 0.15) is 11.5 Å². The van der Waals surface area contributed by atoms with Crippen molar-refractivity contribution in [3.63, 3.8) is 0 Å². The molecule has 0 bridgehead atoms. The van der Waals surface area contributed by atoms with E-state index in [1.54, 1.807) is 12.1 Å². The molecular weight excluding hydrogens is 534 g/mol. The molecule has 0 N–H and O–H groups in total. The standard InChI is InChI=1S/C38H32OP2/c1-5-19-35(20-6-1)40(36-21-7-2-8-22-36)29-31-15-13-17-33(27-31)39-34-18-14-16-32(28-34)30-41(37-23-9-3-10-24-37)38-25-11-4-12-26-38/h1-28H,29-30H2/i29D2,30D2. The van der Waals surface area contributed by atoms with Crippen LogP contribution in [0, 0.1) is 0 Å². The third kappa shape index (κ3) is 7.20. The zero-order valence-corrected chi connectivity index (χ0v) is 24.3. The van der Waals surface area contributed by atoms with E-state index in [0.717, 1.165) is 21.2 Å². The van der Waals surface area contributed by atoms with Crippen LogP contribution in [0.4, 0.5) is 0 Å². The summed E-state index contributed by atoms with van der Waals surface area (Å²) >= 11 is 0. The van der Waals surface area contributed by atoms with Gasteiger partial charge in [0.25, 0.3) is 0 Å². The number of hydrogen-bond acceptors (Lipinski definition) is 1. The monoisotopic (exact) mass is 570 g/mol. The Kier molecular flexibility index (Phi) is 7.49. The van der Waals surface area contributed by atoms with Gasteiger partial charge in [0.2, 0.25) is 0 Å². The molecule has 0 aliphatic rings. The van der Waals surface area contributed by atoms with Crippen LogP contribution in [0.3, 0.4) is 0 Å². The van der Waals surface area contributed by atoms with E-state index in [0.29, 0.717) is 22.6 Å². The van der Waals surface area contributed by atoms with Gasteiger partial charge in [-0.25, -0.2) is 0 Å². The van der Waals surface area contributed by atoms with Crippen molar-refractivity contribution in [1.29, 1.82) is 0 Å². The smallest absolute Gasteiger partial charge is 0.127 e. The zero-order valence-electron chi connectivity index (χ0n) is 26.5. The van der Waals surface area contributed by atoms with E-state index >= 15 is 0 Å². The highest BCUT2D eigenvalue weighted by molar-refractivity contribution is 7.72. The number of hydrogen-bond donors (Lipinski definition) is 0. The normalized spacial score (nSPS) is 13.2. The molecule has 0 saturated heterocycles. The Balaban J connectivity index is 1.32. The van der Waals surface area contributed by atoms with Crippen LogP contribution in [-0.2, 0) is 12.2 Å². The van der Waals surface area contributed by atoms with E-state index in [4.69, 9.17) is 4.74 Å². The third-order valence-corrected chi connectivity index (χ3v) is 10.7. The van der Waals surface area contributed by atoms with Gasteiger partial charge in [-0.05, 0) is 72.5 Å². The number of rotatable bonds is 10. The van der Waals surface area contributed by atoms with E-state index in [-0.39, 0.29) is 0 Å². The average molecular weight is 571 g/mol. The molecule has 1 nitrogen and oxygen atoms in total. The molecule has 0 amide bonds. The van der Waals surface area contributed by atoms with E-state index in [2.05, 4.69) is 0 Å². The molecule has 0 atom stereocenters. The maximum atomic E-state index is 9.39. The summed E-state index contributed by atoms with van der Waals surface area (Å²) in [5, 5.41) is 3.83. The van der Waals surface area contributed by atoms with Crippen LogP contribution >= 0.6 is 15.8 Å². The van der Waals surface area contributed by atoms with Crippen LogP contribution in [0.1, 0.15) is 16.6 Å². The Labute approximate surface area is 251 Å². The van der Waals surface area contributed by atoms with Gasteiger partial charge >= 0.3 is 0 Å². The van der Waals surface area contributed by atoms with Crippen molar-refractivity contribution >= 4 is 37.1 Å². The molecule has 0 saturated carbocycles. The summed E-state index contributed by atoms with van der Waals surface area (Å²) in [6.07, 6.45) is -3.37. The molecule has 0 aliphatic carbocycles. The summed E-state index contributed by atoms with van der Waals surface area (Å²) in [5.41, 5.74) is 1.06. The Hall–Kier alpha value is -4.02. The van der Waals surface area contributed by atoms with E-state index < -0.39 is 28.1 Å². The highest BCUT2D eigenvalue weighted by Crippen LogP contribution is 2.40. The molecule has 0 radical (unpaired) electrons. The first-order chi connectivity index (χ1) is 21.8. The predicted octanol–water partition coefficient (Wildman–Crippen LogP) is 8.74. The summed E-state index contributed by atoms with van der Waals surface area (Å²) in [6, 6.07) is 53.8. The summed E-state index contributed by atoms with van der Waals surface area (Å²) in [4.78, 5) is 0. The molecule has 6 aromatic carbocycles. The Morgan fingerprint density at radius 1 is 0.390 bits per heavy atom. The molecule has 200 valence electrons. The highest BCUT2D eigenvalue weighted by Gasteiger charge is 2.16. The molecule has 0 heterocycles. The van der Waals surface area contributed by atoms with Crippen molar-refractivity contribution in [2.45, 2.75) is 12.2 Å². The first kappa shape index (κ1) is 22.6. The van der Waals surface area contributed by atoms with E-state index in [1.807, 2.05) is 158 Å². The van der Waals surface area contributed by atoms with Crippen LogP contribution in [0.25, 0.3) is 0 Å². The Morgan fingerprint density at radius 2 is 0.707 bits per heavy atom. The van der Waals surface area contributed by atoms with Gasteiger partial charge in [-0.2, -0.15) is 0 Å². The minimum absolute atomic E-state index is 0.499. The van der Waals surface area contributed by atoms with Gasteiger partial charge in [-0.3, -0.25) is 0 Å². The lowest BCUT2D eigenvalue weighted by molar-refractivity contribution is 0.482. The van der Waals surface area contributed by atoms with Gasteiger partial charge in [0, 0.05) is 17.7 Å². The minimum Gasteiger partial charge on any atom is -0.457 e. The molecule has 41 heavy (non-hydrogen) atoms. The van der Waals surface area contributed by atoms with Gasteiger partial charge in [-0.15, -0.1) is 0 Å². The molecule has 0 aromatic heterocycles. The lowest BCUT2D eigenvalue weighted by Gasteiger charge is -2.20. The fourth-order valence-corrected chi connectivity index (χ4v) is 8.31. The highest BCUT2D eigenvalue weighted by atomic mass is 31.1. The van der Waals surface area contributed by atoms with Crippen LogP contribution in [-0.4, -0.2) is 0 Å². The van der Waals surface area contributed by atoms with Crippen molar-refractivity contribution in [3.05, 3.63) is 181 Å². The first-order valence-electron chi connectivity index (χ1n) is 15.5. The maximum Gasteiger partial charge on any atom is 0.127 e. The van der Waals surface area contributed by atoms with Crippen molar-refractivity contribution < 1.29 is 10.2 Å². The lowest BCUT2D eigenvalue weighted by atomic mass is 10.2. The van der Waals surface area contributed by atoms with Gasteiger partial charge < -0.3 is 4.74 Å². The number of ether oxygens (including phenoxy) is 1. The van der Waals surface area contributed by atoms with Crippen LogP contribution in [0.5, 0.6) is 11.5 Å². The summed E-state index contributed by atoms with van der Waals surface area (Å²) in [7, 11) is -2.77. The minimum atomic E-state index is -1.68. The molecule has 0 spiro atoms. The van der Waals surface area contributed by atoms with Crippen LogP contribution in [0.2, 0.25) is 0 Å². The Morgan fingerprint density at radius 3 is 1.02 bits per heavy atom. The van der Waals surface area contributed by atoms with Crippen molar-refractivity contribution in [3.8, 4) is 11.5 Å². The second-order valence-electron chi connectivity index (χ2n) is 9.39. The maximum absolute atomic E-state index is 9.39. The fourth-order valence-electron chi connectivity index (χ4n) is 4.52. The summed E-state index contributed by atoms with van der Waals surface area (Å²) < 4.78 is 43.9. The molecular formula is C38H32OP2. The van der Waals surface area contributed by atoms with Crippen LogP contribution < -0.4 is 26.0 Å². The molecule has 6 aromatic rings. The van der Waals surface area contributed by atoms with Crippen molar-refractivity contribution in [2.75, 3.05) is 0 Å². The number of benzene rings is 6. The largest absolute Gasteiger partial charge is 0.457 e. The second kappa shape index (κ2) is 13.6. The summed E-state index contributed by atoms with van der Waals surface area (Å²) in [5.74, 6) is 0.997. The third-order valence-electron chi connectivity index (χ3n) is 6.44. The molecule has 6 rings (SSSR count). The second-order valence-corrected chi connectivity index (χ2v) is 13.2. The SMILES string of the molecule is [2H]C([2H])(c1cccc(Oc2cccc(C([2H])([2H])P(c3ccccc3)c3ccccc3)c2)c1)P(c1ccccc1)c1ccccc1. The predicted molar refractivity (Wildman–Crippen MR) is 179 cm³/mol. The quantitative estimate of drug-likeness (QED) is 0.150. The van der Waals surface area contributed by atoms with E-state index in [1.165, 1.54) is 0 Å². The summed E-state index contributed by atoms with van der Waals surface area (Å²) in [6.45, 7) is 0. The lowest BCUT2D eigenvalue weighted by Crippen LogP contribution is -2.13. The fraction of sp³-hybridized carbons (Fsp3) is 0.0526. The van der Waals surface area contributed by atoms with Crippen molar-refractivity contribution in [1.82, 2.24) is 0 Å². The Bertz CT molecular complexity index is 1620. The molecule has 0 fully saturated rings. The molecule has 0 aliphatic heterocycles. The van der Waals surface area contributed by atoms with Crippen LogP contribution in [0.15, 0.2) is 170 Å². The van der Waals surface area contributed by atoms with Gasteiger partial charge in [0.15, 0.2) is 0 Å². The zero-order chi connectivity index (χ0) is 31.3. The van der Waals surface area contributed by atoms with Gasteiger partial charge in [0.05, 0.1) is 0 Å². The molecule has 0 unspecified atom stereocenters. The topological polar surface area (TPSA) is 9.23 Å². The van der Waals surface area contributed by atoms with E-state index in [9.17, 15) is 5.48 Å². The molecule has 3 heteroatoms.